The molecule has 238 valence electrons. The Labute approximate surface area is 251 Å². The maximum absolute atomic E-state index is 12.2. The zero-order valence-corrected chi connectivity index (χ0v) is 29.9. The van der Waals surface area contributed by atoms with Gasteiger partial charge in [-0.3, -0.25) is 9.59 Å². The van der Waals surface area contributed by atoms with Gasteiger partial charge in [0.25, 0.3) is 0 Å². The molecule has 0 radical (unpaired) electrons. The van der Waals surface area contributed by atoms with E-state index in [2.05, 4.69) is 34.6 Å². The molecule has 0 bridgehead atoms. The Hall–Kier alpha value is -1.84. The molecule has 0 aliphatic heterocycles. The van der Waals surface area contributed by atoms with E-state index >= 15 is 0 Å². The number of rotatable bonds is 11. The van der Waals surface area contributed by atoms with Crippen molar-refractivity contribution in [2.24, 2.45) is 17.3 Å². The minimum Gasteiger partial charge on any atom is -0.462 e. The van der Waals surface area contributed by atoms with Crippen LogP contribution in [-0.4, -0.2) is 24.1 Å². The highest BCUT2D eigenvalue weighted by molar-refractivity contribution is 5.82. The number of ether oxygens (including phenoxy) is 2. The summed E-state index contributed by atoms with van der Waals surface area (Å²) in [5.41, 5.74) is 0.0591. The molecule has 4 heteroatoms. The summed E-state index contributed by atoms with van der Waals surface area (Å²) in [6.45, 7) is 34.3. The van der Waals surface area contributed by atoms with Crippen LogP contribution in [0.1, 0.15) is 155 Å². The lowest BCUT2D eigenvalue weighted by Gasteiger charge is -2.26. The monoisotopic (exact) mass is 567 g/mol. The highest BCUT2D eigenvalue weighted by atomic mass is 16.5. The Morgan fingerprint density at radius 2 is 1.05 bits per heavy atom. The number of esters is 2. The number of hydrogen-bond acceptors (Lipinski definition) is 4. The molecule has 0 saturated carbocycles. The van der Waals surface area contributed by atoms with Crippen LogP contribution in [0.5, 0.6) is 0 Å². The first-order valence-electron chi connectivity index (χ1n) is 16.1. The van der Waals surface area contributed by atoms with E-state index in [-0.39, 0.29) is 29.6 Å². The van der Waals surface area contributed by atoms with Gasteiger partial charge in [0.1, 0.15) is 12.2 Å². The van der Waals surface area contributed by atoms with Crippen LogP contribution in [0.15, 0.2) is 30.3 Å². The fourth-order valence-corrected chi connectivity index (χ4v) is 2.81. The third kappa shape index (κ3) is 21.0. The number of unbranched alkanes of at least 4 members (excludes halogenated alkanes) is 2. The molecule has 0 aliphatic carbocycles. The van der Waals surface area contributed by atoms with Gasteiger partial charge in [-0.05, 0) is 65.4 Å². The van der Waals surface area contributed by atoms with Crippen LogP contribution >= 0.6 is 0 Å². The first kappa shape index (κ1) is 45.2. The molecule has 0 aromatic heterocycles. The predicted molar refractivity (Wildman–Crippen MR) is 177 cm³/mol. The van der Waals surface area contributed by atoms with Gasteiger partial charge in [-0.1, -0.05) is 132 Å². The molecular weight excluding hydrogens is 496 g/mol. The van der Waals surface area contributed by atoms with Crippen LogP contribution in [0.2, 0.25) is 0 Å². The normalized spacial score (nSPS) is 12.1. The van der Waals surface area contributed by atoms with Gasteiger partial charge in [0.05, 0.1) is 10.8 Å². The van der Waals surface area contributed by atoms with Crippen LogP contribution in [0.25, 0.3) is 0 Å². The number of carbonyl (C=O) groups is 2. The quantitative estimate of drug-likeness (QED) is 0.197. The van der Waals surface area contributed by atoms with E-state index < -0.39 is 5.41 Å². The first-order valence-corrected chi connectivity index (χ1v) is 16.1. The summed E-state index contributed by atoms with van der Waals surface area (Å²) < 4.78 is 11.0. The molecule has 0 saturated heterocycles. The van der Waals surface area contributed by atoms with Crippen molar-refractivity contribution >= 4 is 11.9 Å². The van der Waals surface area contributed by atoms with E-state index in [1.807, 2.05) is 113 Å². The Kier molecular flexibility index (Phi) is 29.4. The third-order valence-corrected chi connectivity index (χ3v) is 6.43. The summed E-state index contributed by atoms with van der Waals surface area (Å²) >= 11 is 0. The van der Waals surface area contributed by atoms with Crippen molar-refractivity contribution in [2.45, 2.75) is 167 Å². The molecule has 2 atom stereocenters. The average molecular weight is 567 g/mol. The molecular formula is C36H70O4. The highest BCUT2D eigenvalue weighted by Gasteiger charge is 2.33. The van der Waals surface area contributed by atoms with Gasteiger partial charge < -0.3 is 9.47 Å². The average Bonchev–Trinajstić information content (AvgIpc) is 2.92. The standard InChI is InChI=1S/C15H22O2.C14H28O2.C3H8.2C2H6/c1-11(2)12(3)17-14(16)15(4,5)13-9-7-6-8-10-13;1-7-8-9-10-14(5,6)13(15)16-12(4)11(2)3;1-3-2;2*1-2/h6-12H,1-5H3;11-12H,7-10H2,1-6H3;3H2,1-2H3;2*1-2H3. The lowest BCUT2D eigenvalue weighted by Crippen LogP contribution is -2.34. The van der Waals surface area contributed by atoms with Crippen molar-refractivity contribution in [1.29, 1.82) is 0 Å². The van der Waals surface area contributed by atoms with Gasteiger partial charge in [0, 0.05) is 0 Å². The van der Waals surface area contributed by atoms with E-state index in [0.29, 0.717) is 11.8 Å². The maximum Gasteiger partial charge on any atom is 0.316 e. The molecule has 1 rings (SSSR count). The molecule has 0 fully saturated rings. The summed E-state index contributed by atoms with van der Waals surface area (Å²) in [6, 6.07) is 9.75. The number of benzene rings is 1. The van der Waals surface area contributed by atoms with E-state index in [0.717, 1.165) is 18.4 Å². The Morgan fingerprint density at radius 3 is 1.40 bits per heavy atom. The molecule has 2 unspecified atom stereocenters. The second-order valence-electron chi connectivity index (χ2n) is 11.7. The predicted octanol–water partition coefficient (Wildman–Crippen LogP) is 11.2. The number of hydrogen-bond donors (Lipinski definition) is 0. The minimum absolute atomic E-state index is 0.0120. The maximum atomic E-state index is 12.2. The smallest absolute Gasteiger partial charge is 0.316 e. The van der Waals surface area contributed by atoms with Gasteiger partial charge >= 0.3 is 11.9 Å². The fraction of sp³-hybridized carbons (Fsp3) is 0.778. The SMILES string of the molecule is CC.CC.CC(C)C(C)OC(=O)C(C)(C)c1ccccc1.CCC.CCCCCC(C)(C)C(=O)OC(C)C(C)C. The van der Waals surface area contributed by atoms with Crippen LogP contribution in [0.3, 0.4) is 0 Å². The molecule has 1 aromatic rings. The van der Waals surface area contributed by atoms with Crippen LogP contribution in [0, 0.1) is 17.3 Å². The van der Waals surface area contributed by atoms with Gasteiger partial charge in [-0.2, -0.15) is 0 Å². The Bertz CT molecular complexity index is 705. The largest absolute Gasteiger partial charge is 0.462 e. The summed E-state index contributed by atoms with van der Waals surface area (Å²) in [6.07, 6.45) is 5.62. The van der Waals surface area contributed by atoms with E-state index in [1.165, 1.54) is 19.3 Å². The lowest BCUT2D eigenvalue weighted by atomic mass is 9.85. The van der Waals surface area contributed by atoms with Gasteiger partial charge in [-0.15, -0.1) is 0 Å². The molecule has 0 heterocycles. The third-order valence-electron chi connectivity index (χ3n) is 6.43. The topological polar surface area (TPSA) is 52.6 Å². The summed E-state index contributed by atoms with van der Waals surface area (Å²) in [7, 11) is 0. The van der Waals surface area contributed by atoms with Crippen molar-refractivity contribution < 1.29 is 19.1 Å². The second kappa shape index (κ2) is 26.1. The first-order chi connectivity index (χ1) is 18.6. The van der Waals surface area contributed by atoms with Gasteiger partial charge in [0.2, 0.25) is 0 Å². The fourth-order valence-electron chi connectivity index (χ4n) is 2.81. The highest BCUT2D eigenvalue weighted by Crippen LogP contribution is 2.27. The Morgan fingerprint density at radius 1 is 0.675 bits per heavy atom. The molecule has 0 amide bonds. The van der Waals surface area contributed by atoms with Crippen molar-refractivity contribution in [2.75, 3.05) is 0 Å². The van der Waals surface area contributed by atoms with Crippen molar-refractivity contribution in [3.63, 3.8) is 0 Å². The van der Waals surface area contributed by atoms with E-state index in [1.54, 1.807) is 0 Å². The zero-order chi connectivity index (χ0) is 32.5. The Balaban J connectivity index is -0.000000265. The molecule has 1 aromatic carbocycles. The van der Waals surface area contributed by atoms with E-state index in [9.17, 15) is 9.59 Å². The van der Waals surface area contributed by atoms with Crippen LogP contribution in [-0.2, 0) is 24.5 Å². The second-order valence-corrected chi connectivity index (χ2v) is 11.7. The minimum atomic E-state index is -0.593. The van der Waals surface area contributed by atoms with E-state index in [4.69, 9.17) is 9.47 Å². The summed E-state index contributed by atoms with van der Waals surface area (Å²) in [5, 5.41) is 0. The number of carbonyl (C=O) groups excluding carboxylic acids is 2. The van der Waals surface area contributed by atoms with Crippen LogP contribution in [0.4, 0.5) is 0 Å². The lowest BCUT2D eigenvalue weighted by molar-refractivity contribution is -0.161. The summed E-state index contributed by atoms with van der Waals surface area (Å²) in [4.78, 5) is 24.1. The molecule has 0 aliphatic rings. The van der Waals surface area contributed by atoms with Gasteiger partial charge in [0.15, 0.2) is 0 Å². The van der Waals surface area contributed by atoms with Gasteiger partial charge in [-0.25, -0.2) is 0 Å². The molecule has 0 N–H and O–H groups in total. The molecule has 4 nitrogen and oxygen atoms in total. The van der Waals surface area contributed by atoms with Crippen molar-refractivity contribution in [3.8, 4) is 0 Å². The molecule has 0 spiro atoms. The molecule has 40 heavy (non-hydrogen) atoms. The van der Waals surface area contributed by atoms with Crippen LogP contribution < -0.4 is 0 Å². The zero-order valence-electron chi connectivity index (χ0n) is 29.9. The van der Waals surface area contributed by atoms with Crippen molar-refractivity contribution in [1.82, 2.24) is 0 Å². The van der Waals surface area contributed by atoms with Crippen molar-refractivity contribution in [3.05, 3.63) is 35.9 Å². The summed E-state index contributed by atoms with van der Waals surface area (Å²) in [5.74, 6) is 0.510.